The van der Waals surface area contributed by atoms with E-state index in [4.69, 9.17) is 9.73 Å². The zero-order valence-corrected chi connectivity index (χ0v) is 14.9. The molecule has 3 nitrogen and oxygen atoms in total. The van der Waals surface area contributed by atoms with Crippen LogP contribution < -0.4 is 5.32 Å². The number of rotatable bonds is 2. The maximum Gasteiger partial charge on any atom is 0.416 e. The molecular formula is C21H21F3N2O. The Bertz CT molecular complexity index is 837. The fourth-order valence-corrected chi connectivity index (χ4v) is 3.86. The lowest BCUT2D eigenvalue weighted by molar-refractivity contribution is -0.137. The Labute approximate surface area is 156 Å². The van der Waals surface area contributed by atoms with Gasteiger partial charge in [-0.1, -0.05) is 30.3 Å². The number of nitrogens with zero attached hydrogens (tertiary/aromatic N) is 1. The Balaban J connectivity index is 1.60. The van der Waals surface area contributed by atoms with E-state index in [1.54, 1.807) is 0 Å². The van der Waals surface area contributed by atoms with Gasteiger partial charge in [0.05, 0.1) is 12.1 Å². The molecule has 2 aliphatic heterocycles. The molecule has 0 unspecified atom stereocenters. The van der Waals surface area contributed by atoms with Gasteiger partial charge in [-0.3, -0.25) is 4.99 Å². The number of hydrogen-bond acceptors (Lipinski definition) is 2. The highest BCUT2D eigenvalue weighted by Crippen LogP contribution is 2.41. The van der Waals surface area contributed by atoms with Crippen LogP contribution in [0.2, 0.25) is 0 Å². The van der Waals surface area contributed by atoms with Crippen LogP contribution in [-0.4, -0.2) is 19.0 Å². The van der Waals surface area contributed by atoms with Crippen molar-refractivity contribution in [3.63, 3.8) is 0 Å². The van der Waals surface area contributed by atoms with E-state index in [2.05, 4.69) is 11.4 Å². The van der Waals surface area contributed by atoms with Crippen molar-refractivity contribution in [2.75, 3.05) is 18.5 Å². The summed E-state index contributed by atoms with van der Waals surface area (Å²) in [4.78, 5) is 4.79. The molecule has 2 aliphatic rings. The summed E-state index contributed by atoms with van der Waals surface area (Å²) < 4.78 is 43.7. The maximum absolute atomic E-state index is 12.7. The normalized spacial score (nSPS) is 20.3. The zero-order chi connectivity index (χ0) is 18.9. The van der Waals surface area contributed by atoms with Crippen LogP contribution in [0.3, 0.4) is 0 Å². The van der Waals surface area contributed by atoms with Gasteiger partial charge in [0.1, 0.15) is 5.84 Å². The largest absolute Gasteiger partial charge is 0.416 e. The summed E-state index contributed by atoms with van der Waals surface area (Å²) in [6.45, 7) is 1.75. The average Bonchev–Trinajstić information content (AvgIpc) is 2.66. The van der Waals surface area contributed by atoms with E-state index in [1.807, 2.05) is 18.2 Å². The van der Waals surface area contributed by atoms with Crippen LogP contribution in [0.1, 0.15) is 29.5 Å². The first-order valence-electron chi connectivity index (χ1n) is 9.10. The lowest BCUT2D eigenvalue weighted by Gasteiger charge is -2.42. The number of nitrogens with one attached hydrogen (secondary N) is 1. The number of anilines is 1. The highest BCUT2D eigenvalue weighted by molar-refractivity contribution is 6.02. The summed E-state index contributed by atoms with van der Waals surface area (Å²) >= 11 is 0. The number of ether oxygens (including phenoxy) is 1. The molecule has 4 rings (SSSR count). The third kappa shape index (κ3) is 3.72. The van der Waals surface area contributed by atoms with E-state index in [0.29, 0.717) is 19.8 Å². The van der Waals surface area contributed by atoms with E-state index in [0.717, 1.165) is 48.5 Å². The van der Waals surface area contributed by atoms with Gasteiger partial charge in [-0.2, -0.15) is 13.2 Å². The van der Waals surface area contributed by atoms with Crippen LogP contribution in [0.15, 0.2) is 53.5 Å². The molecule has 6 heteroatoms. The van der Waals surface area contributed by atoms with Crippen molar-refractivity contribution in [2.45, 2.75) is 32.0 Å². The molecule has 2 aromatic rings. The van der Waals surface area contributed by atoms with Crippen LogP contribution in [0.4, 0.5) is 18.9 Å². The highest BCUT2D eigenvalue weighted by Gasteiger charge is 2.41. The number of hydrogen-bond donors (Lipinski definition) is 1. The molecule has 1 fully saturated rings. The number of halogens is 3. The molecule has 0 aliphatic carbocycles. The van der Waals surface area contributed by atoms with Crippen molar-refractivity contribution in [3.05, 3.63) is 65.2 Å². The summed E-state index contributed by atoms with van der Waals surface area (Å²) in [6, 6.07) is 13.4. The molecule has 1 N–H and O–H groups in total. The van der Waals surface area contributed by atoms with Gasteiger partial charge in [0.15, 0.2) is 0 Å². The van der Waals surface area contributed by atoms with Gasteiger partial charge in [0, 0.05) is 24.3 Å². The third-order valence-corrected chi connectivity index (χ3v) is 5.45. The molecule has 0 saturated carbocycles. The average molecular weight is 374 g/mol. The second kappa shape index (κ2) is 7.00. The molecular weight excluding hydrogens is 353 g/mol. The Morgan fingerprint density at radius 3 is 2.41 bits per heavy atom. The van der Waals surface area contributed by atoms with E-state index >= 15 is 0 Å². The smallest absolute Gasteiger partial charge is 0.381 e. The molecule has 2 heterocycles. The van der Waals surface area contributed by atoms with Crippen molar-refractivity contribution in [1.82, 2.24) is 0 Å². The SMILES string of the molecule is FC(F)(F)c1ccc(CN=C2Nc3ccccc3CC23CCOCC3)cc1. The molecule has 1 saturated heterocycles. The number of benzene rings is 2. The lowest BCUT2D eigenvalue weighted by atomic mass is 9.71. The van der Waals surface area contributed by atoms with Gasteiger partial charge in [-0.25, -0.2) is 0 Å². The fraction of sp³-hybridized carbons (Fsp3) is 0.381. The maximum atomic E-state index is 12.7. The van der Waals surface area contributed by atoms with E-state index in [1.165, 1.54) is 17.7 Å². The van der Waals surface area contributed by atoms with Crippen molar-refractivity contribution < 1.29 is 17.9 Å². The van der Waals surface area contributed by atoms with Crippen molar-refractivity contribution in [1.29, 1.82) is 0 Å². The molecule has 2 aromatic carbocycles. The summed E-state index contributed by atoms with van der Waals surface area (Å²) in [5.74, 6) is 0.921. The van der Waals surface area contributed by atoms with Crippen molar-refractivity contribution >= 4 is 11.5 Å². The zero-order valence-electron chi connectivity index (χ0n) is 14.9. The number of alkyl halides is 3. The molecule has 0 atom stereocenters. The van der Waals surface area contributed by atoms with E-state index in [-0.39, 0.29) is 5.41 Å². The van der Waals surface area contributed by atoms with Crippen LogP contribution in [0.5, 0.6) is 0 Å². The number of amidine groups is 1. The van der Waals surface area contributed by atoms with Crippen molar-refractivity contribution in [2.24, 2.45) is 10.4 Å². The Morgan fingerprint density at radius 2 is 1.70 bits per heavy atom. The minimum Gasteiger partial charge on any atom is -0.381 e. The number of fused-ring (bicyclic) bond motifs is 1. The molecule has 0 amide bonds. The van der Waals surface area contributed by atoms with Crippen LogP contribution >= 0.6 is 0 Å². The molecule has 142 valence electrons. The van der Waals surface area contributed by atoms with Gasteiger partial charge in [-0.05, 0) is 48.6 Å². The first kappa shape index (κ1) is 18.0. The Kier molecular flexibility index (Phi) is 4.68. The number of aliphatic imine (C=N–C) groups is 1. The van der Waals surface area contributed by atoms with Crippen LogP contribution in [0, 0.1) is 5.41 Å². The van der Waals surface area contributed by atoms with Crippen LogP contribution in [-0.2, 0) is 23.9 Å². The highest BCUT2D eigenvalue weighted by atomic mass is 19.4. The fourth-order valence-electron chi connectivity index (χ4n) is 3.86. The Hall–Kier alpha value is -2.34. The Morgan fingerprint density at radius 1 is 1.00 bits per heavy atom. The molecule has 0 aromatic heterocycles. The van der Waals surface area contributed by atoms with Gasteiger partial charge in [0.2, 0.25) is 0 Å². The molecule has 0 radical (unpaired) electrons. The minimum absolute atomic E-state index is 0.0848. The van der Waals surface area contributed by atoms with E-state index in [9.17, 15) is 13.2 Å². The van der Waals surface area contributed by atoms with Gasteiger partial charge < -0.3 is 10.1 Å². The summed E-state index contributed by atoms with van der Waals surface area (Å²) in [5.41, 5.74) is 2.37. The molecule has 0 bridgehead atoms. The molecule has 27 heavy (non-hydrogen) atoms. The second-order valence-electron chi connectivity index (χ2n) is 7.21. The predicted octanol–water partition coefficient (Wildman–Crippen LogP) is 5.07. The van der Waals surface area contributed by atoms with Gasteiger partial charge >= 0.3 is 6.18 Å². The predicted molar refractivity (Wildman–Crippen MR) is 98.8 cm³/mol. The van der Waals surface area contributed by atoms with Gasteiger partial charge in [0.25, 0.3) is 0 Å². The summed E-state index contributed by atoms with van der Waals surface area (Å²) in [5, 5.41) is 3.48. The monoisotopic (exact) mass is 374 g/mol. The lowest BCUT2D eigenvalue weighted by Crippen LogP contribution is -2.45. The first-order chi connectivity index (χ1) is 13.0. The topological polar surface area (TPSA) is 33.6 Å². The molecule has 1 spiro atoms. The minimum atomic E-state index is -4.31. The summed E-state index contributed by atoms with van der Waals surface area (Å²) in [7, 11) is 0. The second-order valence-corrected chi connectivity index (χ2v) is 7.21. The van der Waals surface area contributed by atoms with E-state index < -0.39 is 11.7 Å². The number of para-hydroxylation sites is 1. The first-order valence-corrected chi connectivity index (χ1v) is 9.10. The summed E-state index contributed by atoms with van der Waals surface area (Å²) in [6.07, 6.45) is -1.63. The van der Waals surface area contributed by atoms with Crippen LogP contribution in [0.25, 0.3) is 0 Å². The third-order valence-electron chi connectivity index (χ3n) is 5.45. The quantitative estimate of drug-likeness (QED) is 0.796. The van der Waals surface area contributed by atoms with Crippen molar-refractivity contribution in [3.8, 4) is 0 Å². The van der Waals surface area contributed by atoms with Gasteiger partial charge in [-0.15, -0.1) is 0 Å². The standard InChI is InChI=1S/C21H21F3N2O/c22-21(23,24)17-7-5-15(6-8-17)14-25-19-20(9-11-27-12-10-20)13-16-3-1-2-4-18(16)26-19/h1-8H,9-14H2,(H,25,26).